The molecular weight excluding hydrogens is 222 g/mol. The van der Waals surface area contributed by atoms with Crippen LogP contribution < -0.4 is 11.1 Å². The molecule has 18 heavy (non-hydrogen) atoms. The zero-order valence-electron chi connectivity index (χ0n) is 12.6. The van der Waals surface area contributed by atoms with Gasteiger partial charge in [0.1, 0.15) is 0 Å². The summed E-state index contributed by atoms with van der Waals surface area (Å²) in [5, 5.41) is 3.52. The summed E-state index contributed by atoms with van der Waals surface area (Å²) in [6, 6.07) is 0.472. The molecule has 2 aliphatic carbocycles. The summed E-state index contributed by atoms with van der Waals surface area (Å²) in [5.41, 5.74) is 6.80. The normalized spacial score (nSPS) is 38.4. The fraction of sp³-hybridized carbons (Fsp3) is 0.933. The van der Waals surface area contributed by atoms with E-state index in [0.717, 1.165) is 12.5 Å². The Balaban J connectivity index is 2.07. The van der Waals surface area contributed by atoms with Crippen molar-refractivity contribution in [2.75, 3.05) is 6.54 Å². The van der Waals surface area contributed by atoms with Crippen LogP contribution in [0.25, 0.3) is 0 Å². The Morgan fingerprint density at radius 1 is 1.39 bits per heavy atom. The highest BCUT2D eigenvalue weighted by Gasteiger charge is 2.59. The summed E-state index contributed by atoms with van der Waals surface area (Å²) < 4.78 is 0. The molecule has 3 unspecified atom stereocenters. The van der Waals surface area contributed by atoms with Gasteiger partial charge in [-0.1, -0.05) is 34.6 Å². The molecule has 0 radical (unpaired) electrons. The Hall–Kier alpha value is -0.730. The number of aliphatic imine (C=N–C) groups is 1. The molecule has 0 saturated heterocycles. The van der Waals surface area contributed by atoms with Gasteiger partial charge in [0.15, 0.2) is 5.96 Å². The monoisotopic (exact) mass is 251 g/mol. The lowest BCUT2D eigenvalue weighted by atomic mass is 9.68. The van der Waals surface area contributed by atoms with E-state index < -0.39 is 0 Å². The van der Waals surface area contributed by atoms with Crippen LogP contribution in [0, 0.1) is 22.7 Å². The van der Waals surface area contributed by atoms with Gasteiger partial charge in [-0.15, -0.1) is 0 Å². The van der Waals surface area contributed by atoms with E-state index in [9.17, 15) is 0 Å². The largest absolute Gasteiger partial charge is 0.370 e. The highest BCUT2D eigenvalue weighted by atomic mass is 15.1. The molecule has 2 fully saturated rings. The third-order valence-corrected chi connectivity index (χ3v) is 5.19. The first-order valence-corrected chi connectivity index (χ1v) is 7.32. The van der Waals surface area contributed by atoms with E-state index in [1.807, 2.05) is 0 Å². The highest BCUT2D eigenvalue weighted by molar-refractivity contribution is 5.78. The number of fused-ring (bicyclic) bond motifs is 2. The molecule has 2 aliphatic rings. The summed E-state index contributed by atoms with van der Waals surface area (Å²) in [6.07, 6.45) is 4.05. The maximum Gasteiger partial charge on any atom is 0.188 e. The lowest BCUT2D eigenvalue weighted by Gasteiger charge is -2.43. The topological polar surface area (TPSA) is 50.4 Å². The van der Waals surface area contributed by atoms with E-state index in [-0.39, 0.29) is 0 Å². The predicted molar refractivity (Wildman–Crippen MR) is 77.5 cm³/mol. The molecule has 0 aliphatic heterocycles. The Labute approximate surface area is 112 Å². The lowest BCUT2D eigenvalue weighted by molar-refractivity contribution is 0.125. The van der Waals surface area contributed by atoms with E-state index >= 15 is 0 Å². The lowest BCUT2D eigenvalue weighted by Crippen LogP contribution is -2.54. The predicted octanol–water partition coefficient (Wildman–Crippen LogP) is 2.76. The number of nitrogens with one attached hydrogen (secondary N) is 1. The molecule has 3 N–H and O–H groups in total. The summed E-state index contributed by atoms with van der Waals surface area (Å²) >= 11 is 0. The summed E-state index contributed by atoms with van der Waals surface area (Å²) in [4.78, 5) is 4.45. The van der Waals surface area contributed by atoms with Gasteiger partial charge in [0.2, 0.25) is 0 Å². The van der Waals surface area contributed by atoms with Gasteiger partial charge >= 0.3 is 0 Å². The molecular formula is C15H29N3. The smallest absolute Gasteiger partial charge is 0.188 e. The van der Waals surface area contributed by atoms with E-state index in [1.54, 1.807) is 0 Å². The molecule has 104 valence electrons. The molecule has 3 nitrogen and oxygen atoms in total. The third kappa shape index (κ3) is 2.24. The Bertz CT molecular complexity index is 341. The van der Waals surface area contributed by atoms with Crippen LogP contribution in [0.4, 0.5) is 0 Å². The van der Waals surface area contributed by atoms with Crippen molar-refractivity contribution in [1.29, 1.82) is 0 Å². The van der Waals surface area contributed by atoms with Gasteiger partial charge in [0.25, 0.3) is 0 Å². The van der Waals surface area contributed by atoms with Crippen LogP contribution in [0.5, 0.6) is 0 Å². The van der Waals surface area contributed by atoms with E-state index in [2.05, 4.69) is 44.9 Å². The van der Waals surface area contributed by atoms with Crippen LogP contribution in [0.15, 0.2) is 4.99 Å². The number of rotatable bonds is 3. The second-order valence-electron chi connectivity index (χ2n) is 7.61. The third-order valence-electron chi connectivity index (χ3n) is 5.19. The minimum Gasteiger partial charge on any atom is -0.370 e. The average Bonchev–Trinajstić information content (AvgIpc) is 2.73. The first kappa shape index (κ1) is 13.7. The number of hydrogen-bond donors (Lipinski definition) is 2. The van der Waals surface area contributed by atoms with E-state index in [4.69, 9.17) is 5.73 Å². The maximum absolute atomic E-state index is 6.05. The van der Waals surface area contributed by atoms with Gasteiger partial charge in [-0.05, 0) is 41.9 Å². The van der Waals surface area contributed by atoms with Crippen molar-refractivity contribution >= 4 is 5.96 Å². The number of hydrogen-bond acceptors (Lipinski definition) is 1. The average molecular weight is 251 g/mol. The second-order valence-corrected chi connectivity index (χ2v) is 7.61. The molecule has 3 atom stereocenters. The second kappa shape index (κ2) is 4.43. The van der Waals surface area contributed by atoms with Crippen LogP contribution >= 0.6 is 0 Å². The summed E-state index contributed by atoms with van der Waals surface area (Å²) in [5.74, 6) is 2.04. The fourth-order valence-corrected chi connectivity index (χ4v) is 4.14. The van der Waals surface area contributed by atoms with Crippen molar-refractivity contribution in [1.82, 2.24) is 5.32 Å². The van der Waals surface area contributed by atoms with Crippen LogP contribution in [-0.2, 0) is 0 Å². The number of nitrogens with two attached hydrogens (primary N) is 1. The van der Waals surface area contributed by atoms with E-state index in [1.165, 1.54) is 19.3 Å². The van der Waals surface area contributed by atoms with Crippen molar-refractivity contribution in [3.05, 3.63) is 0 Å². The zero-order chi connectivity index (χ0) is 13.6. The minimum absolute atomic E-state index is 0.338. The SMILES string of the molecule is CC(C)CN=C(N)NC1C2(C)CCC(C2)C1(C)C. The molecule has 0 aromatic heterocycles. The molecule has 3 heteroatoms. The van der Waals surface area contributed by atoms with E-state index in [0.29, 0.717) is 28.7 Å². The first-order valence-electron chi connectivity index (χ1n) is 7.32. The molecule has 0 aromatic rings. The van der Waals surface area contributed by atoms with Crippen molar-refractivity contribution < 1.29 is 0 Å². The maximum atomic E-state index is 6.05. The molecule has 0 aromatic carbocycles. The van der Waals surface area contributed by atoms with Gasteiger partial charge in [-0.2, -0.15) is 0 Å². The Morgan fingerprint density at radius 3 is 2.56 bits per heavy atom. The van der Waals surface area contributed by atoms with Crippen LogP contribution in [0.2, 0.25) is 0 Å². The molecule has 2 bridgehead atoms. The minimum atomic E-state index is 0.338. The number of guanidine groups is 1. The Morgan fingerprint density at radius 2 is 2.06 bits per heavy atom. The highest BCUT2D eigenvalue weighted by Crippen LogP contribution is 2.62. The molecule has 0 amide bonds. The van der Waals surface area contributed by atoms with Gasteiger partial charge < -0.3 is 11.1 Å². The first-order chi connectivity index (χ1) is 8.25. The quantitative estimate of drug-likeness (QED) is 0.598. The van der Waals surface area contributed by atoms with Crippen molar-refractivity contribution in [2.45, 2.75) is 59.9 Å². The zero-order valence-corrected chi connectivity index (χ0v) is 12.6. The van der Waals surface area contributed by atoms with Crippen LogP contribution in [0.1, 0.15) is 53.9 Å². The van der Waals surface area contributed by atoms with Crippen molar-refractivity contribution in [2.24, 2.45) is 33.4 Å². The van der Waals surface area contributed by atoms with Crippen molar-refractivity contribution in [3.8, 4) is 0 Å². The standard InChI is InChI=1S/C15H29N3/c1-10(2)9-17-13(16)18-12-14(3,4)11-6-7-15(12,5)8-11/h10-12H,6-9H2,1-5H3,(H3,16,17,18). The molecule has 0 heterocycles. The van der Waals surface area contributed by atoms with Gasteiger partial charge in [0.05, 0.1) is 0 Å². The van der Waals surface area contributed by atoms with Crippen molar-refractivity contribution in [3.63, 3.8) is 0 Å². The Kier molecular flexibility index (Phi) is 3.37. The molecule has 2 saturated carbocycles. The molecule has 2 rings (SSSR count). The van der Waals surface area contributed by atoms with Gasteiger partial charge in [-0.3, -0.25) is 4.99 Å². The fourth-order valence-electron chi connectivity index (χ4n) is 4.14. The van der Waals surface area contributed by atoms with Crippen LogP contribution in [0.3, 0.4) is 0 Å². The summed E-state index contributed by atoms with van der Waals surface area (Å²) in [6.45, 7) is 12.3. The summed E-state index contributed by atoms with van der Waals surface area (Å²) in [7, 11) is 0. The van der Waals surface area contributed by atoms with Gasteiger partial charge in [-0.25, -0.2) is 0 Å². The van der Waals surface area contributed by atoms with Gasteiger partial charge in [0, 0.05) is 12.6 Å². The molecule has 0 spiro atoms. The number of nitrogens with zero attached hydrogens (tertiary/aromatic N) is 1. The van der Waals surface area contributed by atoms with Crippen LogP contribution in [-0.4, -0.2) is 18.5 Å².